The van der Waals surface area contributed by atoms with Crippen molar-refractivity contribution in [3.63, 3.8) is 0 Å². The number of carbonyl (C=O) groups excluding carboxylic acids is 2. The summed E-state index contributed by atoms with van der Waals surface area (Å²) < 4.78 is 5.32. The predicted molar refractivity (Wildman–Crippen MR) is 81.0 cm³/mol. The minimum absolute atomic E-state index is 0.0866. The normalized spacial score (nSPS) is 17.1. The molecule has 120 valence electrons. The molecule has 1 heterocycles. The molecule has 2 amide bonds. The fourth-order valence-corrected chi connectivity index (χ4v) is 1.92. The summed E-state index contributed by atoms with van der Waals surface area (Å²) in [6, 6.07) is 0. The van der Waals surface area contributed by atoms with Crippen LogP contribution in [0.2, 0.25) is 0 Å². The van der Waals surface area contributed by atoms with E-state index in [-0.39, 0.29) is 17.4 Å². The number of aliphatic imine (C=N–C) groups is 1. The van der Waals surface area contributed by atoms with Gasteiger partial charge in [0.1, 0.15) is 0 Å². The van der Waals surface area contributed by atoms with Crippen LogP contribution >= 0.6 is 0 Å². The first-order valence-electron chi connectivity index (χ1n) is 7.22. The first-order valence-corrected chi connectivity index (χ1v) is 7.22. The molecule has 2 N–H and O–H groups in total. The lowest BCUT2D eigenvalue weighted by atomic mass is 10.1. The molecule has 1 aliphatic heterocycles. The third-order valence-corrected chi connectivity index (χ3v) is 3.47. The lowest BCUT2D eigenvalue weighted by Gasteiger charge is -2.26. The van der Waals surface area contributed by atoms with E-state index in [0.29, 0.717) is 44.9 Å². The molecular formula is C14H26N4O3. The zero-order chi connectivity index (χ0) is 15.9. The van der Waals surface area contributed by atoms with Crippen molar-refractivity contribution >= 4 is 17.8 Å². The maximum absolute atomic E-state index is 11.7. The van der Waals surface area contributed by atoms with Crippen molar-refractivity contribution < 1.29 is 14.3 Å². The maximum atomic E-state index is 11.7. The van der Waals surface area contributed by atoms with Crippen molar-refractivity contribution in [3.05, 3.63) is 0 Å². The number of ether oxygens (including phenoxy) is 1. The molecular weight excluding hydrogens is 272 g/mol. The van der Waals surface area contributed by atoms with Gasteiger partial charge in [-0.05, 0) is 20.3 Å². The molecule has 1 rings (SSSR count). The number of amides is 2. The summed E-state index contributed by atoms with van der Waals surface area (Å²) in [5.41, 5.74) is -0.295. The Kier molecular flexibility index (Phi) is 6.61. The van der Waals surface area contributed by atoms with Gasteiger partial charge in [0.15, 0.2) is 5.96 Å². The molecule has 0 radical (unpaired) electrons. The second-order valence-electron chi connectivity index (χ2n) is 5.61. The SMILES string of the molecule is CN=C(NCCN1C(=O)CCCC1=O)NCC(C)(C)OC. The van der Waals surface area contributed by atoms with Gasteiger partial charge in [-0.1, -0.05) is 0 Å². The number of nitrogens with one attached hydrogen (secondary N) is 2. The zero-order valence-corrected chi connectivity index (χ0v) is 13.4. The van der Waals surface area contributed by atoms with Crippen LogP contribution in [0.4, 0.5) is 0 Å². The van der Waals surface area contributed by atoms with Crippen molar-refractivity contribution in [3.8, 4) is 0 Å². The highest BCUT2D eigenvalue weighted by atomic mass is 16.5. The van der Waals surface area contributed by atoms with Crippen LogP contribution < -0.4 is 10.6 Å². The van der Waals surface area contributed by atoms with Gasteiger partial charge in [0.05, 0.1) is 5.60 Å². The number of imide groups is 1. The van der Waals surface area contributed by atoms with E-state index in [9.17, 15) is 9.59 Å². The van der Waals surface area contributed by atoms with E-state index in [1.807, 2.05) is 13.8 Å². The van der Waals surface area contributed by atoms with E-state index in [1.54, 1.807) is 14.2 Å². The molecule has 0 aliphatic carbocycles. The summed E-state index contributed by atoms with van der Waals surface area (Å²) in [5.74, 6) is 0.449. The largest absolute Gasteiger partial charge is 0.377 e. The van der Waals surface area contributed by atoms with Crippen molar-refractivity contribution in [1.82, 2.24) is 15.5 Å². The average Bonchev–Trinajstić information content (AvgIpc) is 2.45. The molecule has 7 nitrogen and oxygen atoms in total. The molecule has 0 aromatic carbocycles. The summed E-state index contributed by atoms with van der Waals surface area (Å²) >= 11 is 0. The van der Waals surface area contributed by atoms with Gasteiger partial charge < -0.3 is 15.4 Å². The van der Waals surface area contributed by atoms with Crippen LogP contribution in [0.1, 0.15) is 33.1 Å². The van der Waals surface area contributed by atoms with E-state index in [4.69, 9.17) is 4.74 Å². The second-order valence-corrected chi connectivity index (χ2v) is 5.61. The van der Waals surface area contributed by atoms with E-state index in [2.05, 4.69) is 15.6 Å². The third kappa shape index (κ3) is 5.71. The Balaban J connectivity index is 2.35. The molecule has 0 saturated carbocycles. The minimum atomic E-state index is -0.295. The third-order valence-electron chi connectivity index (χ3n) is 3.47. The van der Waals surface area contributed by atoms with Crippen LogP contribution in [0.5, 0.6) is 0 Å². The zero-order valence-electron chi connectivity index (χ0n) is 13.4. The smallest absolute Gasteiger partial charge is 0.229 e. The average molecular weight is 298 g/mol. The van der Waals surface area contributed by atoms with Crippen LogP contribution in [0, 0.1) is 0 Å². The number of nitrogens with zero attached hydrogens (tertiary/aromatic N) is 2. The van der Waals surface area contributed by atoms with E-state index in [1.165, 1.54) is 4.90 Å². The van der Waals surface area contributed by atoms with Gasteiger partial charge in [0.25, 0.3) is 0 Å². The molecule has 0 bridgehead atoms. The van der Waals surface area contributed by atoms with E-state index >= 15 is 0 Å². The van der Waals surface area contributed by atoms with Gasteiger partial charge in [0.2, 0.25) is 11.8 Å². The van der Waals surface area contributed by atoms with Crippen LogP contribution in [0.15, 0.2) is 4.99 Å². The van der Waals surface area contributed by atoms with Crippen LogP contribution in [-0.2, 0) is 14.3 Å². The number of hydrogen-bond acceptors (Lipinski definition) is 4. The number of hydrogen-bond donors (Lipinski definition) is 2. The summed E-state index contributed by atoms with van der Waals surface area (Å²) in [7, 11) is 3.33. The Hall–Kier alpha value is -1.63. The first-order chi connectivity index (χ1) is 9.89. The highest BCUT2D eigenvalue weighted by Crippen LogP contribution is 2.11. The fraction of sp³-hybridized carbons (Fsp3) is 0.786. The van der Waals surface area contributed by atoms with E-state index < -0.39 is 0 Å². The topological polar surface area (TPSA) is 83.0 Å². The van der Waals surface area contributed by atoms with Gasteiger partial charge >= 0.3 is 0 Å². The molecule has 0 unspecified atom stereocenters. The number of carbonyl (C=O) groups is 2. The van der Waals surface area contributed by atoms with Crippen molar-refractivity contribution in [2.24, 2.45) is 4.99 Å². The number of likely N-dealkylation sites (tertiary alicyclic amines) is 1. The molecule has 0 atom stereocenters. The summed E-state index contributed by atoms with van der Waals surface area (Å²) in [6.07, 6.45) is 1.58. The van der Waals surface area contributed by atoms with E-state index in [0.717, 1.165) is 0 Å². The van der Waals surface area contributed by atoms with Gasteiger partial charge in [0, 0.05) is 46.6 Å². The molecule has 1 aliphatic rings. The quantitative estimate of drug-likeness (QED) is 0.413. The standard InChI is InChI=1S/C14H26N4O3/c1-14(2,21-4)10-17-13(15-3)16-8-9-18-11(19)6-5-7-12(18)20/h5-10H2,1-4H3,(H2,15,16,17). The van der Waals surface area contributed by atoms with Gasteiger partial charge in [-0.25, -0.2) is 0 Å². The molecule has 7 heteroatoms. The van der Waals surface area contributed by atoms with Gasteiger partial charge in [-0.15, -0.1) is 0 Å². The van der Waals surface area contributed by atoms with Crippen LogP contribution in [0.3, 0.4) is 0 Å². The number of piperidine rings is 1. The number of methoxy groups -OCH3 is 1. The lowest BCUT2D eigenvalue weighted by molar-refractivity contribution is -0.147. The Morgan fingerprint density at radius 2 is 1.90 bits per heavy atom. The van der Waals surface area contributed by atoms with Gasteiger partial charge in [-0.2, -0.15) is 0 Å². The molecule has 1 saturated heterocycles. The van der Waals surface area contributed by atoms with Crippen molar-refractivity contribution in [1.29, 1.82) is 0 Å². The van der Waals surface area contributed by atoms with Gasteiger partial charge in [-0.3, -0.25) is 19.5 Å². The summed E-state index contributed by atoms with van der Waals surface area (Å²) in [4.78, 5) is 28.7. The summed E-state index contributed by atoms with van der Waals surface area (Å²) in [5, 5.41) is 6.24. The van der Waals surface area contributed by atoms with Crippen molar-refractivity contribution in [2.45, 2.75) is 38.7 Å². The fourth-order valence-electron chi connectivity index (χ4n) is 1.92. The Morgan fingerprint density at radius 3 is 2.43 bits per heavy atom. The van der Waals surface area contributed by atoms with Crippen LogP contribution in [0.25, 0.3) is 0 Å². The highest BCUT2D eigenvalue weighted by molar-refractivity contribution is 5.97. The lowest BCUT2D eigenvalue weighted by Crippen LogP contribution is -2.48. The highest BCUT2D eigenvalue weighted by Gasteiger charge is 2.25. The number of rotatable bonds is 6. The predicted octanol–water partition coefficient (Wildman–Crippen LogP) is 0.116. The molecule has 0 aromatic heterocycles. The molecule has 0 spiro atoms. The van der Waals surface area contributed by atoms with Crippen LogP contribution in [-0.4, -0.2) is 62.1 Å². The number of guanidine groups is 1. The maximum Gasteiger partial charge on any atom is 0.229 e. The molecule has 1 fully saturated rings. The second kappa shape index (κ2) is 7.97. The monoisotopic (exact) mass is 298 g/mol. The Bertz CT molecular complexity index is 391. The molecule has 0 aromatic rings. The Labute approximate surface area is 126 Å². The Morgan fingerprint density at radius 1 is 1.29 bits per heavy atom. The first kappa shape index (κ1) is 17.4. The minimum Gasteiger partial charge on any atom is -0.377 e. The van der Waals surface area contributed by atoms with Crippen molar-refractivity contribution in [2.75, 3.05) is 33.8 Å². The summed E-state index contributed by atoms with van der Waals surface area (Å²) in [6.45, 7) is 5.39. The molecule has 21 heavy (non-hydrogen) atoms.